The van der Waals surface area contributed by atoms with Crippen molar-refractivity contribution in [2.75, 3.05) is 13.1 Å². The van der Waals surface area contributed by atoms with Gasteiger partial charge in [0.25, 0.3) is 5.91 Å². The average molecular weight is 305 g/mol. The van der Waals surface area contributed by atoms with E-state index in [1.807, 2.05) is 20.9 Å². The molecule has 1 atom stereocenters. The molecule has 0 aromatic carbocycles. The number of likely N-dealkylation sites (tertiary alicyclic amines) is 1. The van der Waals surface area contributed by atoms with Crippen molar-refractivity contribution < 1.29 is 14.3 Å². The number of nitrogens with zero attached hydrogens (tertiary/aromatic N) is 3. The quantitative estimate of drug-likeness (QED) is 0.626. The Morgan fingerprint density at radius 2 is 1.91 bits per heavy atom. The first-order valence-corrected chi connectivity index (χ1v) is 7.58. The number of aromatic nitrogens is 2. The number of carbonyl (C=O) groups excluding carboxylic acids is 2. The molecule has 1 aliphatic heterocycles. The van der Waals surface area contributed by atoms with Crippen molar-refractivity contribution in [2.24, 2.45) is 7.05 Å². The van der Waals surface area contributed by atoms with Crippen molar-refractivity contribution in [3.8, 4) is 0 Å². The van der Waals surface area contributed by atoms with Crippen LogP contribution >= 0.6 is 0 Å². The van der Waals surface area contributed by atoms with E-state index in [1.54, 1.807) is 22.6 Å². The fourth-order valence-electron chi connectivity index (χ4n) is 2.64. The fourth-order valence-corrected chi connectivity index (χ4v) is 2.64. The zero-order valence-corrected chi connectivity index (χ0v) is 13.6. The number of rotatable bonds is 4. The minimum Gasteiger partial charge on any atom is -0.449 e. The number of hydrogen-bond acceptors (Lipinski definition) is 4. The van der Waals surface area contributed by atoms with E-state index in [0.29, 0.717) is 0 Å². The Morgan fingerprint density at radius 3 is 2.45 bits per heavy atom. The molecule has 0 N–H and O–H groups in total. The minimum absolute atomic E-state index is 0.118. The summed E-state index contributed by atoms with van der Waals surface area (Å²) in [6, 6.07) is 0. The van der Waals surface area contributed by atoms with Crippen LogP contribution in [0.15, 0.2) is 6.08 Å². The third kappa shape index (κ3) is 3.55. The highest BCUT2D eigenvalue weighted by Crippen LogP contribution is 2.14. The van der Waals surface area contributed by atoms with E-state index < -0.39 is 12.1 Å². The highest BCUT2D eigenvalue weighted by Gasteiger charge is 2.25. The maximum absolute atomic E-state index is 12.1. The van der Waals surface area contributed by atoms with Crippen LogP contribution in [0.4, 0.5) is 0 Å². The Labute approximate surface area is 130 Å². The molecule has 0 spiro atoms. The molecule has 22 heavy (non-hydrogen) atoms. The third-order valence-electron chi connectivity index (χ3n) is 4.01. The second-order valence-electron chi connectivity index (χ2n) is 5.65. The first kappa shape index (κ1) is 16.3. The van der Waals surface area contributed by atoms with Crippen LogP contribution < -0.4 is 0 Å². The molecule has 0 aliphatic carbocycles. The molecule has 1 fully saturated rings. The maximum Gasteiger partial charge on any atom is 0.331 e. The molecule has 1 aromatic heterocycles. The normalized spacial score (nSPS) is 16.3. The molecule has 6 nitrogen and oxygen atoms in total. The highest BCUT2D eigenvalue weighted by atomic mass is 16.5. The summed E-state index contributed by atoms with van der Waals surface area (Å²) < 4.78 is 6.95. The second-order valence-corrected chi connectivity index (χ2v) is 5.65. The van der Waals surface area contributed by atoms with E-state index in [-0.39, 0.29) is 5.91 Å². The number of hydrogen-bond donors (Lipinski definition) is 0. The summed E-state index contributed by atoms with van der Waals surface area (Å²) in [6.07, 6.45) is 4.33. The first-order chi connectivity index (χ1) is 10.4. The molecule has 2 heterocycles. The van der Waals surface area contributed by atoms with Crippen molar-refractivity contribution in [1.29, 1.82) is 0 Å². The van der Waals surface area contributed by atoms with Crippen LogP contribution in [-0.4, -0.2) is 45.8 Å². The lowest BCUT2D eigenvalue weighted by atomic mass is 10.2. The van der Waals surface area contributed by atoms with Gasteiger partial charge >= 0.3 is 5.97 Å². The molecular weight excluding hydrogens is 282 g/mol. The summed E-state index contributed by atoms with van der Waals surface area (Å²) in [6.45, 7) is 6.95. The molecule has 1 amide bonds. The summed E-state index contributed by atoms with van der Waals surface area (Å²) in [4.78, 5) is 25.7. The first-order valence-electron chi connectivity index (χ1n) is 7.58. The molecule has 0 unspecified atom stereocenters. The van der Waals surface area contributed by atoms with Crippen LogP contribution in [0.2, 0.25) is 0 Å². The van der Waals surface area contributed by atoms with E-state index in [0.717, 1.165) is 42.9 Å². The number of aryl methyl sites for hydroxylation is 2. The molecule has 120 valence electrons. The van der Waals surface area contributed by atoms with Gasteiger partial charge in [-0.25, -0.2) is 4.79 Å². The van der Waals surface area contributed by atoms with Crippen molar-refractivity contribution >= 4 is 18.0 Å². The molecule has 0 radical (unpaired) electrons. The van der Waals surface area contributed by atoms with E-state index in [1.165, 1.54) is 6.08 Å². The lowest BCUT2D eigenvalue weighted by Crippen LogP contribution is -2.37. The second kappa shape index (κ2) is 6.77. The van der Waals surface area contributed by atoms with Crippen molar-refractivity contribution in [3.05, 3.63) is 23.0 Å². The van der Waals surface area contributed by atoms with Gasteiger partial charge in [0.15, 0.2) is 6.10 Å². The largest absolute Gasteiger partial charge is 0.449 e. The van der Waals surface area contributed by atoms with Crippen LogP contribution in [0, 0.1) is 13.8 Å². The predicted molar refractivity (Wildman–Crippen MR) is 83.1 cm³/mol. The smallest absolute Gasteiger partial charge is 0.331 e. The van der Waals surface area contributed by atoms with E-state index in [9.17, 15) is 9.59 Å². The molecule has 2 rings (SSSR count). The number of amides is 1. The average Bonchev–Trinajstić information content (AvgIpc) is 3.07. The Morgan fingerprint density at radius 1 is 1.27 bits per heavy atom. The molecule has 0 saturated carbocycles. The third-order valence-corrected chi connectivity index (χ3v) is 4.01. The van der Waals surface area contributed by atoms with Crippen molar-refractivity contribution in [2.45, 2.75) is 39.7 Å². The van der Waals surface area contributed by atoms with Gasteiger partial charge in [0.1, 0.15) is 0 Å². The molecule has 1 aromatic rings. The van der Waals surface area contributed by atoms with E-state index >= 15 is 0 Å². The standard InChI is InChI=1S/C16H23N3O3/c1-11-14(12(2)18(4)17-11)7-8-15(20)22-13(3)16(21)19-9-5-6-10-19/h7-8,13H,5-6,9-10H2,1-4H3/b8-7+/t13-/m0/s1. The van der Waals surface area contributed by atoms with Crippen LogP contribution in [0.3, 0.4) is 0 Å². The van der Waals surface area contributed by atoms with Gasteiger partial charge in [0, 0.05) is 37.5 Å². The van der Waals surface area contributed by atoms with Crippen molar-refractivity contribution in [3.63, 3.8) is 0 Å². The summed E-state index contributed by atoms with van der Waals surface area (Å²) in [5, 5.41) is 4.28. The highest BCUT2D eigenvalue weighted by molar-refractivity contribution is 5.90. The molecule has 6 heteroatoms. The number of esters is 1. The Balaban J connectivity index is 1.94. The van der Waals surface area contributed by atoms with Gasteiger partial charge in [0.05, 0.1) is 5.69 Å². The zero-order chi connectivity index (χ0) is 16.3. The summed E-state index contributed by atoms with van der Waals surface area (Å²) >= 11 is 0. The monoisotopic (exact) mass is 305 g/mol. The lowest BCUT2D eigenvalue weighted by Gasteiger charge is -2.19. The van der Waals surface area contributed by atoms with Crippen LogP contribution in [0.1, 0.15) is 36.7 Å². The molecule has 0 bridgehead atoms. The van der Waals surface area contributed by atoms with Gasteiger partial charge < -0.3 is 9.64 Å². The Bertz CT molecular complexity index is 598. The van der Waals surface area contributed by atoms with E-state index in [4.69, 9.17) is 4.74 Å². The van der Waals surface area contributed by atoms with Gasteiger partial charge in [-0.05, 0) is 39.7 Å². The van der Waals surface area contributed by atoms with Crippen LogP contribution in [-0.2, 0) is 21.4 Å². The summed E-state index contributed by atoms with van der Waals surface area (Å²) in [5.41, 5.74) is 2.73. The predicted octanol–water partition coefficient (Wildman–Crippen LogP) is 1.60. The molecular formula is C16H23N3O3. The number of carbonyl (C=O) groups is 2. The lowest BCUT2D eigenvalue weighted by molar-refractivity contribution is -0.154. The van der Waals surface area contributed by atoms with Gasteiger partial charge in [-0.1, -0.05) is 0 Å². The Hall–Kier alpha value is -2.11. The van der Waals surface area contributed by atoms with Gasteiger partial charge in [-0.2, -0.15) is 5.10 Å². The number of ether oxygens (including phenoxy) is 1. The fraction of sp³-hybridized carbons (Fsp3) is 0.562. The molecule has 1 aliphatic rings. The molecule has 1 saturated heterocycles. The SMILES string of the molecule is Cc1nn(C)c(C)c1/C=C/C(=O)O[C@@H](C)C(=O)N1CCCC1. The maximum atomic E-state index is 12.1. The van der Waals surface area contributed by atoms with Crippen molar-refractivity contribution in [1.82, 2.24) is 14.7 Å². The van der Waals surface area contributed by atoms with Crippen LogP contribution in [0.5, 0.6) is 0 Å². The van der Waals surface area contributed by atoms with Gasteiger partial charge in [0.2, 0.25) is 0 Å². The van der Waals surface area contributed by atoms with E-state index in [2.05, 4.69) is 5.10 Å². The zero-order valence-electron chi connectivity index (χ0n) is 13.6. The Kier molecular flexibility index (Phi) is 5.00. The van der Waals surface area contributed by atoms with Gasteiger partial charge in [-0.3, -0.25) is 9.48 Å². The summed E-state index contributed by atoms with van der Waals surface area (Å²) in [7, 11) is 1.86. The van der Waals surface area contributed by atoms with Crippen LogP contribution in [0.25, 0.3) is 6.08 Å². The van der Waals surface area contributed by atoms with Gasteiger partial charge in [-0.15, -0.1) is 0 Å². The summed E-state index contributed by atoms with van der Waals surface area (Å²) in [5.74, 6) is -0.629. The minimum atomic E-state index is -0.744. The topological polar surface area (TPSA) is 64.4 Å².